The lowest BCUT2D eigenvalue weighted by Gasteiger charge is -2.30. The average molecular weight is 570 g/mol. The van der Waals surface area contributed by atoms with Gasteiger partial charge in [0.2, 0.25) is 5.91 Å². The molecular weight excluding hydrogens is 534 g/mol. The van der Waals surface area contributed by atoms with Crippen LogP contribution in [0, 0.1) is 19.3 Å². The van der Waals surface area contributed by atoms with Crippen molar-refractivity contribution in [3.63, 3.8) is 0 Å². The number of methoxy groups -OCH3 is 1. The number of carbonyl (C=O) groups excluding carboxylic acids is 3. The number of benzene rings is 3. The molecule has 3 aromatic rings. The van der Waals surface area contributed by atoms with Crippen molar-refractivity contribution >= 4 is 23.5 Å². The topological polar surface area (TPSA) is 106 Å². The Labute approximate surface area is 246 Å². The number of imide groups is 1. The van der Waals surface area contributed by atoms with Crippen LogP contribution in [0.2, 0.25) is 0 Å². The largest absolute Gasteiger partial charge is 0.491 e. The highest BCUT2D eigenvalue weighted by Crippen LogP contribution is 2.32. The number of carbonyl (C=O) groups is 3. The number of aryl methyl sites for hydroxylation is 1. The molecular formula is C33H35N3O6. The molecule has 2 N–H and O–H groups in total. The van der Waals surface area contributed by atoms with E-state index in [9.17, 15) is 14.4 Å². The molecule has 0 aliphatic carbocycles. The summed E-state index contributed by atoms with van der Waals surface area (Å²) in [6.45, 7) is 5.42. The summed E-state index contributed by atoms with van der Waals surface area (Å²) in [5.41, 5.74) is 3.39. The minimum atomic E-state index is -1.11. The second kappa shape index (κ2) is 14.3. The van der Waals surface area contributed by atoms with Crippen LogP contribution in [0.4, 0.5) is 10.5 Å². The summed E-state index contributed by atoms with van der Waals surface area (Å²) >= 11 is 0. The van der Waals surface area contributed by atoms with Crippen molar-refractivity contribution in [1.82, 2.24) is 10.2 Å². The second-order valence-corrected chi connectivity index (χ2v) is 9.92. The number of terminal acetylenes is 1. The summed E-state index contributed by atoms with van der Waals surface area (Å²) in [7, 11) is 1.61. The number of rotatable bonds is 13. The Kier molecular flexibility index (Phi) is 10.3. The number of hydrogen-bond acceptors (Lipinski definition) is 6. The Hall–Kier alpha value is -4.65. The summed E-state index contributed by atoms with van der Waals surface area (Å²) in [6.07, 6.45) is 5.50. The number of nitrogens with zero attached hydrogens (tertiary/aromatic N) is 1. The quantitative estimate of drug-likeness (QED) is 0.179. The number of hydrogen-bond donors (Lipinski definition) is 2. The molecule has 42 heavy (non-hydrogen) atoms. The molecule has 4 rings (SSSR count). The van der Waals surface area contributed by atoms with Crippen LogP contribution in [-0.4, -0.2) is 62.3 Å². The highest BCUT2D eigenvalue weighted by atomic mass is 16.5. The van der Waals surface area contributed by atoms with E-state index in [0.717, 1.165) is 16.0 Å². The lowest BCUT2D eigenvalue weighted by Crippen LogP contribution is -2.50. The molecule has 1 unspecified atom stereocenters. The van der Waals surface area contributed by atoms with Gasteiger partial charge in [-0.3, -0.25) is 9.59 Å². The van der Waals surface area contributed by atoms with Crippen LogP contribution in [0.15, 0.2) is 72.8 Å². The van der Waals surface area contributed by atoms with Gasteiger partial charge in [-0.1, -0.05) is 55.3 Å². The number of ether oxygens (including phenoxy) is 3. The molecule has 0 radical (unpaired) electrons. The normalized spacial score (nSPS) is 16.0. The van der Waals surface area contributed by atoms with Gasteiger partial charge in [0, 0.05) is 24.3 Å². The molecule has 1 aliphatic heterocycles. The summed E-state index contributed by atoms with van der Waals surface area (Å²) in [5, 5.41) is 5.67. The van der Waals surface area contributed by atoms with E-state index in [1.807, 2.05) is 44.2 Å². The van der Waals surface area contributed by atoms with E-state index in [-0.39, 0.29) is 0 Å². The standard InChI is InChI=1S/C33H35N3O6/c1-5-24-11-16-28(22(2)21-24)34-31(37)30(23(3)25-9-7-6-8-10-25)36-32(38)29(35-33(36)39)26-12-14-27(15-13-26)42-20-19-41-18-17-40-4/h1,6-16,21,23,29-30H,17-20H2,2-4H3,(H,34,37)(H,35,39)/t23-,29+,30?/m0/s1. The van der Waals surface area contributed by atoms with Crippen molar-refractivity contribution in [2.45, 2.75) is 31.8 Å². The van der Waals surface area contributed by atoms with Crippen LogP contribution in [0.3, 0.4) is 0 Å². The molecule has 1 fully saturated rings. The van der Waals surface area contributed by atoms with Gasteiger partial charge < -0.3 is 24.8 Å². The van der Waals surface area contributed by atoms with Gasteiger partial charge in [-0.25, -0.2) is 9.69 Å². The summed E-state index contributed by atoms with van der Waals surface area (Å²) in [6, 6.07) is 18.8. The van der Waals surface area contributed by atoms with Crippen molar-refractivity contribution < 1.29 is 28.6 Å². The monoisotopic (exact) mass is 569 g/mol. The first-order chi connectivity index (χ1) is 20.3. The van der Waals surface area contributed by atoms with E-state index in [4.69, 9.17) is 20.6 Å². The van der Waals surface area contributed by atoms with Crippen molar-refractivity contribution in [2.75, 3.05) is 38.9 Å². The van der Waals surface area contributed by atoms with Crippen LogP contribution >= 0.6 is 0 Å². The predicted octanol–water partition coefficient (Wildman–Crippen LogP) is 4.42. The zero-order valence-electron chi connectivity index (χ0n) is 24.0. The van der Waals surface area contributed by atoms with Gasteiger partial charge in [-0.2, -0.15) is 0 Å². The van der Waals surface area contributed by atoms with Crippen molar-refractivity contribution in [3.8, 4) is 18.1 Å². The molecule has 1 heterocycles. The second-order valence-electron chi connectivity index (χ2n) is 9.92. The molecule has 1 aliphatic rings. The smallest absolute Gasteiger partial charge is 0.325 e. The van der Waals surface area contributed by atoms with Crippen molar-refractivity contribution in [2.24, 2.45) is 0 Å². The maximum atomic E-state index is 13.8. The molecule has 0 saturated carbocycles. The molecule has 9 nitrogen and oxygen atoms in total. The van der Waals surface area contributed by atoms with Gasteiger partial charge in [0.25, 0.3) is 5.91 Å². The van der Waals surface area contributed by atoms with Gasteiger partial charge in [-0.15, -0.1) is 6.42 Å². The van der Waals surface area contributed by atoms with Gasteiger partial charge in [0.15, 0.2) is 0 Å². The van der Waals surface area contributed by atoms with E-state index in [0.29, 0.717) is 49.0 Å². The number of urea groups is 1. The Morgan fingerprint density at radius 3 is 2.40 bits per heavy atom. The molecule has 9 heteroatoms. The highest BCUT2D eigenvalue weighted by Gasteiger charge is 2.47. The number of nitrogens with one attached hydrogen (secondary N) is 2. The van der Waals surface area contributed by atoms with Crippen LogP contribution in [0.25, 0.3) is 0 Å². The fraction of sp³-hybridized carbons (Fsp3) is 0.303. The maximum absolute atomic E-state index is 13.8. The van der Waals surface area contributed by atoms with Gasteiger partial charge in [0.05, 0.1) is 19.8 Å². The summed E-state index contributed by atoms with van der Waals surface area (Å²) in [4.78, 5) is 41.9. The summed E-state index contributed by atoms with van der Waals surface area (Å²) in [5.74, 6) is 1.69. The Morgan fingerprint density at radius 1 is 1.02 bits per heavy atom. The van der Waals surface area contributed by atoms with E-state index in [1.165, 1.54) is 0 Å². The van der Waals surface area contributed by atoms with Crippen LogP contribution < -0.4 is 15.4 Å². The van der Waals surface area contributed by atoms with Crippen LogP contribution in [-0.2, 0) is 19.1 Å². The summed E-state index contributed by atoms with van der Waals surface area (Å²) < 4.78 is 16.0. The number of anilines is 1. The minimum absolute atomic E-state index is 0.356. The molecule has 0 bridgehead atoms. The molecule has 0 aromatic heterocycles. The lowest BCUT2D eigenvalue weighted by atomic mass is 9.91. The maximum Gasteiger partial charge on any atom is 0.325 e. The minimum Gasteiger partial charge on any atom is -0.491 e. The Balaban J connectivity index is 1.53. The molecule has 0 spiro atoms. The zero-order valence-corrected chi connectivity index (χ0v) is 24.0. The SMILES string of the molecule is C#Cc1ccc(NC(=O)C([C@@H](C)c2ccccc2)N2C(=O)N[C@H](c3ccc(OCCOCCOC)cc3)C2=O)c(C)c1. The van der Waals surface area contributed by atoms with E-state index < -0.39 is 35.8 Å². The third kappa shape index (κ3) is 7.16. The zero-order chi connectivity index (χ0) is 30.1. The Morgan fingerprint density at radius 2 is 1.74 bits per heavy atom. The lowest BCUT2D eigenvalue weighted by molar-refractivity contribution is -0.134. The highest BCUT2D eigenvalue weighted by molar-refractivity contribution is 6.10. The fourth-order valence-corrected chi connectivity index (χ4v) is 4.81. The van der Waals surface area contributed by atoms with Crippen molar-refractivity contribution in [1.29, 1.82) is 0 Å². The van der Waals surface area contributed by atoms with Crippen molar-refractivity contribution in [3.05, 3.63) is 95.1 Å². The molecule has 218 valence electrons. The first-order valence-electron chi connectivity index (χ1n) is 13.7. The molecule has 3 aromatic carbocycles. The Bertz CT molecular complexity index is 1430. The van der Waals surface area contributed by atoms with Crippen LogP contribution in [0.5, 0.6) is 5.75 Å². The molecule has 4 amide bonds. The van der Waals surface area contributed by atoms with Crippen LogP contribution in [0.1, 0.15) is 41.1 Å². The fourth-order valence-electron chi connectivity index (χ4n) is 4.81. The van der Waals surface area contributed by atoms with E-state index in [1.54, 1.807) is 49.6 Å². The third-order valence-corrected chi connectivity index (χ3v) is 7.11. The van der Waals surface area contributed by atoms with Gasteiger partial charge in [0.1, 0.15) is 24.4 Å². The first-order valence-corrected chi connectivity index (χ1v) is 13.7. The van der Waals surface area contributed by atoms with E-state index in [2.05, 4.69) is 16.6 Å². The van der Waals surface area contributed by atoms with Gasteiger partial charge in [-0.05, 0) is 53.9 Å². The van der Waals surface area contributed by atoms with Gasteiger partial charge >= 0.3 is 6.03 Å². The first kappa shape index (κ1) is 30.3. The van der Waals surface area contributed by atoms with E-state index >= 15 is 0 Å². The molecule has 3 atom stereocenters. The third-order valence-electron chi connectivity index (χ3n) is 7.11. The molecule has 1 saturated heterocycles. The number of amides is 4. The average Bonchev–Trinajstić information content (AvgIpc) is 3.29. The predicted molar refractivity (Wildman–Crippen MR) is 159 cm³/mol.